The van der Waals surface area contributed by atoms with Gasteiger partial charge in [-0.15, -0.1) is 0 Å². The van der Waals surface area contributed by atoms with E-state index in [1.807, 2.05) is 0 Å². The molecule has 2 rings (SSSR count). The van der Waals surface area contributed by atoms with Gasteiger partial charge in [0.25, 0.3) is 0 Å². The lowest BCUT2D eigenvalue weighted by molar-refractivity contribution is 0.0694. The molecule has 21 heavy (non-hydrogen) atoms. The van der Waals surface area contributed by atoms with Crippen LogP contribution < -0.4 is 5.32 Å². The third kappa shape index (κ3) is 3.65. The van der Waals surface area contributed by atoms with E-state index in [1.54, 1.807) is 11.9 Å². The zero-order chi connectivity index (χ0) is 15.4. The molecule has 3 N–H and O–H groups in total. The molecular weight excluding hydrogens is 272 g/mol. The van der Waals surface area contributed by atoms with Gasteiger partial charge in [-0.2, -0.15) is 0 Å². The summed E-state index contributed by atoms with van der Waals surface area (Å²) >= 11 is 0. The quantitative estimate of drug-likeness (QED) is 0.799. The molecule has 0 aliphatic heterocycles. The van der Waals surface area contributed by atoms with E-state index in [2.05, 4.69) is 5.32 Å². The summed E-state index contributed by atoms with van der Waals surface area (Å²) in [6.45, 7) is 0. The van der Waals surface area contributed by atoms with Crippen molar-refractivity contribution >= 4 is 17.7 Å². The average Bonchev–Trinajstić information content (AvgIpc) is 2.47. The number of carboxylic acids is 1. The molecule has 0 heterocycles. The van der Waals surface area contributed by atoms with Gasteiger partial charge in [-0.3, -0.25) is 0 Å². The van der Waals surface area contributed by atoms with E-state index in [0.29, 0.717) is 5.69 Å². The highest BCUT2D eigenvalue weighted by atomic mass is 16.4. The summed E-state index contributed by atoms with van der Waals surface area (Å²) in [4.78, 5) is 24.7. The van der Waals surface area contributed by atoms with E-state index in [9.17, 15) is 14.7 Å². The van der Waals surface area contributed by atoms with Gasteiger partial charge >= 0.3 is 12.0 Å². The van der Waals surface area contributed by atoms with Gasteiger partial charge in [0.2, 0.25) is 0 Å². The third-order valence-electron chi connectivity index (χ3n) is 3.92. The minimum absolute atomic E-state index is 0.186. The van der Waals surface area contributed by atoms with Crippen LogP contribution in [0, 0.1) is 0 Å². The molecule has 1 aromatic carbocycles. The van der Waals surface area contributed by atoms with E-state index >= 15 is 0 Å². The molecule has 0 atom stereocenters. The van der Waals surface area contributed by atoms with Crippen molar-refractivity contribution in [2.24, 2.45) is 0 Å². The van der Waals surface area contributed by atoms with E-state index in [-0.39, 0.29) is 23.4 Å². The Balaban J connectivity index is 2.01. The molecule has 1 aromatic rings. The van der Waals surface area contributed by atoms with Crippen LogP contribution in [-0.2, 0) is 0 Å². The molecule has 2 amide bonds. The summed E-state index contributed by atoms with van der Waals surface area (Å²) in [7, 11) is 1.76. The Bertz CT molecular complexity index is 538. The average molecular weight is 292 g/mol. The maximum Gasteiger partial charge on any atom is 0.339 e. The van der Waals surface area contributed by atoms with Crippen molar-refractivity contribution in [1.29, 1.82) is 0 Å². The monoisotopic (exact) mass is 292 g/mol. The summed E-state index contributed by atoms with van der Waals surface area (Å²) < 4.78 is 0. The lowest BCUT2D eigenvalue weighted by atomic mass is 9.95. The smallest absolute Gasteiger partial charge is 0.339 e. The van der Waals surface area contributed by atoms with Crippen LogP contribution in [0.15, 0.2) is 18.2 Å². The van der Waals surface area contributed by atoms with Crippen molar-refractivity contribution in [2.75, 3.05) is 12.4 Å². The Morgan fingerprint density at radius 2 is 1.90 bits per heavy atom. The fraction of sp³-hybridized carbons (Fsp3) is 0.467. The number of carbonyl (C=O) groups excluding carboxylic acids is 1. The number of benzene rings is 1. The van der Waals surface area contributed by atoms with Crippen LogP contribution in [0.1, 0.15) is 42.5 Å². The Labute approximate surface area is 123 Å². The van der Waals surface area contributed by atoms with Crippen molar-refractivity contribution in [1.82, 2.24) is 4.90 Å². The summed E-state index contributed by atoms with van der Waals surface area (Å²) in [5.74, 6) is -1.56. The first-order valence-corrected chi connectivity index (χ1v) is 7.09. The lowest BCUT2D eigenvalue weighted by Gasteiger charge is -2.31. The number of phenols is 1. The summed E-state index contributed by atoms with van der Waals surface area (Å²) in [5.41, 5.74) is 0.193. The maximum atomic E-state index is 12.2. The number of aromatic carboxylic acids is 1. The molecule has 0 saturated heterocycles. The van der Waals surface area contributed by atoms with Crippen LogP contribution in [0.5, 0.6) is 5.75 Å². The first kappa shape index (κ1) is 15.2. The maximum absolute atomic E-state index is 12.2. The number of rotatable bonds is 3. The summed E-state index contributed by atoms with van der Waals surface area (Å²) in [6.07, 6.45) is 5.50. The van der Waals surface area contributed by atoms with E-state index in [1.165, 1.54) is 24.6 Å². The minimum Gasteiger partial charge on any atom is -0.507 e. The first-order chi connectivity index (χ1) is 9.99. The molecule has 0 bridgehead atoms. The fourth-order valence-electron chi connectivity index (χ4n) is 2.64. The highest BCUT2D eigenvalue weighted by Crippen LogP contribution is 2.24. The van der Waals surface area contributed by atoms with E-state index in [0.717, 1.165) is 25.7 Å². The second-order valence-corrected chi connectivity index (χ2v) is 5.37. The largest absolute Gasteiger partial charge is 0.507 e. The van der Waals surface area contributed by atoms with Crippen molar-refractivity contribution in [3.8, 4) is 5.75 Å². The topological polar surface area (TPSA) is 89.9 Å². The van der Waals surface area contributed by atoms with Crippen molar-refractivity contribution in [3.05, 3.63) is 23.8 Å². The first-order valence-electron chi connectivity index (χ1n) is 7.09. The van der Waals surface area contributed by atoms with Crippen LogP contribution in [0.2, 0.25) is 0 Å². The molecule has 6 heteroatoms. The molecular formula is C15H20N2O4. The second-order valence-electron chi connectivity index (χ2n) is 5.37. The van der Waals surface area contributed by atoms with Crippen LogP contribution in [0.3, 0.4) is 0 Å². The molecule has 0 radical (unpaired) electrons. The number of anilines is 1. The van der Waals surface area contributed by atoms with Crippen molar-refractivity contribution < 1.29 is 19.8 Å². The number of carbonyl (C=O) groups is 2. The van der Waals surface area contributed by atoms with Gasteiger partial charge in [-0.05, 0) is 25.0 Å². The number of hydrogen-bond donors (Lipinski definition) is 3. The molecule has 6 nitrogen and oxygen atoms in total. The highest BCUT2D eigenvalue weighted by molar-refractivity contribution is 5.94. The summed E-state index contributed by atoms with van der Waals surface area (Å²) in [5, 5.41) is 21.1. The minimum atomic E-state index is -1.20. The second kappa shape index (κ2) is 6.47. The Kier molecular flexibility index (Phi) is 4.67. The van der Waals surface area contributed by atoms with Gasteiger partial charge in [-0.1, -0.05) is 19.3 Å². The predicted octanol–water partition coefficient (Wildman–Crippen LogP) is 2.89. The Hall–Kier alpha value is -2.24. The zero-order valence-corrected chi connectivity index (χ0v) is 12.0. The lowest BCUT2D eigenvalue weighted by Crippen LogP contribution is -2.40. The van der Waals surface area contributed by atoms with E-state index in [4.69, 9.17) is 5.11 Å². The van der Waals surface area contributed by atoms with Crippen molar-refractivity contribution in [2.45, 2.75) is 38.1 Å². The van der Waals surface area contributed by atoms with Crippen LogP contribution >= 0.6 is 0 Å². The van der Waals surface area contributed by atoms with E-state index < -0.39 is 5.97 Å². The third-order valence-corrected chi connectivity index (χ3v) is 3.92. The number of carboxylic acid groups (broad SMARTS) is 1. The van der Waals surface area contributed by atoms with Crippen LogP contribution in [0.4, 0.5) is 10.5 Å². The standard InChI is InChI=1S/C15H20N2O4/c1-17(11-5-3-2-4-6-11)15(21)16-10-7-8-12(14(19)20)13(18)9-10/h7-9,11,18H,2-6H2,1H3,(H,16,21)(H,19,20). The Morgan fingerprint density at radius 3 is 2.48 bits per heavy atom. The molecule has 1 fully saturated rings. The number of aromatic hydroxyl groups is 1. The number of hydrogen-bond acceptors (Lipinski definition) is 3. The molecule has 1 aliphatic carbocycles. The fourth-order valence-corrected chi connectivity index (χ4v) is 2.64. The summed E-state index contributed by atoms with van der Waals surface area (Å²) in [6, 6.07) is 3.98. The predicted molar refractivity (Wildman–Crippen MR) is 78.7 cm³/mol. The van der Waals surface area contributed by atoms with Gasteiger partial charge < -0.3 is 20.4 Å². The molecule has 1 saturated carbocycles. The molecule has 0 spiro atoms. The van der Waals surface area contributed by atoms with Gasteiger partial charge in [0.15, 0.2) is 0 Å². The van der Waals surface area contributed by atoms with Crippen LogP contribution in [0.25, 0.3) is 0 Å². The van der Waals surface area contributed by atoms with Gasteiger partial charge in [0.05, 0.1) is 0 Å². The molecule has 0 unspecified atom stereocenters. The van der Waals surface area contributed by atoms with Crippen LogP contribution in [-0.4, -0.2) is 40.2 Å². The zero-order valence-electron chi connectivity index (χ0n) is 12.0. The molecule has 114 valence electrons. The number of urea groups is 1. The molecule has 0 aromatic heterocycles. The Morgan fingerprint density at radius 1 is 1.24 bits per heavy atom. The van der Waals surface area contributed by atoms with Gasteiger partial charge in [-0.25, -0.2) is 9.59 Å². The van der Waals surface area contributed by atoms with Gasteiger partial charge in [0, 0.05) is 24.8 Å². The number of nitrogens with zero attached hydrogens (tertiary/aromatic N) is 1. The number of amides is 2. The SMILES string of the molecule is CN(C(=O)Nc1ccc(C(=O)O)c(O)c1)C1CCCCC1. The normalized spacial score (nSPS) is 15.5. The number of nitrogens with one attached hydrogen (secondary N) is 1. The van der Waals surface area contributed by atoms with Crippen molar-refractivity contribution in [3.63, 3.8) is 0 Å². The van der Waals surface area contributed by atoms with Gasteiger partial charge in [0.1, 0.15) is 11.3 Å². The molecule has 1 aliphatic rings. The highest BCUT2D eigenvalue weighted by Gasteiger charge is 2.22.